The number of piperazine rings is 1. The number of aromatic hydroxyl groups is 1. The molecule has 3 rings (SSSR count). The molecule has 1 aliphatic rings. The zero-order valence-corrected chi connectivity index (χ0v) is 14.7. The van der Waals surface area contributed by atoms with E-state index >= 15 is 0 Å². The largest absolute Gasteiger partial charge is 0.506 e. The highest BCUT2D eigenvalue weighted by atomic mass is 16.5. The molecule has 1 aliphatic heterocycles. The average Bonchev–Trinajstić information content (AvgIpc) is 2.62. The Hall–Kier alpha value is -2.69. The van der Waals surface area contributed by atoms with Crippen LogP contribution in [0.25, 0.3) is 0 Å². The van der Waals surface area contributed by atoms with Crippen LogP contribution in [0.1, 0.15) is 12.5 Å². The first kappa shape index (κ1) is 17.1. The van der Waals surface area contributed by atoms with Crippen LogP contribution >= 0.6 is 0 Å². The highest BCUT2D eigenvalue weighted by molar-refractivity contribution is 5.81. The van der Waals surface area contributed by atoms with Crippen LogP contribution in [0, 0.1) is 6.92 Å². The molecule has 1 unspecified atom stereocenters. The summed E-state index contributed by atoms with van der Waals surface area (Å²) in [5.41, 5.74) is 1.92. The molecule has 1 atom stereocenters. The summed E-state index contributed by atoms with van der Waals surface area (Å²) in [4.78, 5) is 16.6. The lowest BCUT2D eigenvalue weighted by Gasteiger charge is -2.37. The van der Waals surface area contributed by atoms with Crippen molar-refractivity contribution in [3.63, 3.8) is 0 Å². The Morgan fingerprint density at radius 1 is 1.08 bits per heavy atom. The van der Waals surface area contributed by atoms with Crippen molar-refractivity contribution in [3.05, 3.63) is 54.1 Å². The van der Waals surface area contributed by atoms with Crippen LogP contribution in [0.5, 0.6) is 11.5 Å². The van der Waals surface area contributed by atoms with E-state index in [1.54, 1.807) is 13.0 Å². The van der Waals surface area contributed by atoms with Crippen molar-refractivity contribution in [1.82, 2.24) is 4.90 Å². The van der Waals surface area contributed by atoms with Gasteiger partial charge in [-0.05, 0) is 43.7 Å². The number of ether oxygens (including phenoxy) is 1. The van der Waals surface area contributed by atoms with E-state index in [0.717, 1.165) is 11.3 Å². The van der Waals surface area contributed by atoms with Gasteiger partial charge in [-0.15, -0.1) is 0 Å². The van der Waals surface area contributed by atoms with Crippen molar-refractivity contribution in [2.24, 2.45) is 0 Å². The predicted molar refractivity (Wildman–Crippen MR) is 98.2 cm³/mol. The van der Waals surface area contributed by atoms with Gasteiger partial charge in [-0.3, -0.25) is 4.79 Å². The molecule has 0 spiro atoms. The quantitative estimate of drug-likeness (QED) is 0.930. The molecule has 0 aliphatic carbocycles. The lowest BCUT2D eigenvalue weighted by molar-refractivity contribution is -0.138. The Kier molecular flexibility index (Phi) is 5.12. The molecule has 25 heavy (non-hydrogen) atoms. The molecule has 0 saturated carbocycles. The molecule has 1 saturated heterocycles. The Bertz CT molecular complexity index is 739. The summed E-state index contributed by atoms with van der Waals surface area (Å²) in [6.07, 6.45) is -0.515. The molecule has 0 bridgehead atoms. The Labute approximate surface area is 148 Å². The van der Waals surface area contributed by atoms with E-state index in [4.69, 9.17) is 4.74 Å². The molecular formula is C20H24N2O3. The number of aryl methyl sites for hydroxylation is 1. The van der Waals surface area contributed by atoms with Crippen LogP contribution in [-0.2, 0) is 4.79 Å². The Balaban J connectivity index is 1.57. The summed E-state index contributed by atoms with van der Waals surface area (Å²) in [6, 6.07) is 15.0. The van der Waals surface area contributed by atoms with Crippen molar-refractivity contribution in [1.29, 1.82) is 0 Å². The van der Waals surface area contributed by atoms with Crippen LogP contribution in [-0.4, -0.2) is 48.2 Å². The number of nitrogens with zero attached hydrogens (tertiary/aromatic N) is 2. The fourth-order valence-corrected chi connectivity index (χ4v) is 3.10. The van der Waals surface area contributed by atoms with E-state index in [2.05, 4.69) is 4.90 Å². The van der Waals surface area contributed by atoms with Crippen LogP contribution in [0.4, 0.5) is 5.69 Å². The molecule has 2 aromatic carbocycles. The van der Waals surface area contributed by atoms with Crippen LogP contribution in [0.3, 0.4) is 0 Å². The highest BCUT2D eigenvalue weighted by Crippen LogP contribution is 2.27. The third-order valence-electron chi connectivity index (χ3n) is 4.46. The zero-order chi connectivity index (χ0) is 17.8. The number of hydrogen-bond acceptors (Lipinski definition) is 4. The third kappa shape index (κ3) is 4.05. The number of carbonyl (C=O) groups excluding carboxylic acids is 1. The number of amides is 1. The van der Waals surface area contributed by atoms with E-state index in [0.29, 0.717) is 31.9 Å². The van der Waals surface area contributed by atoms with E-state index < -0.39 is 6.10 Å². The van der Waals surface area contributed by atoms with Crippen molar-refractivity contribution in [2.45, 2.75) is 20.0 Å². The van der Waals surface area contributed by atoms with Gasteiger partial charge in [0.05, 0.1) is 5.69 Å². The number of phenols is 1. The molecule has 1 fully saturated rings. The molecule has 1 amide bonds. The molecule has 1 heterocycles. The SMILES string of the molecule is Cc1cccc(OC(C)C(=O)N2CCN(c3ccccc3O)CC2)c1. The second-order valence-corrected chi connectivity index (χ2v) is 6.38. The highest BCUT2D eigenvalue weighted by Gasteiger charge is 2.26. The van der Waals surface area contributed by atoms with Gasteiger partial charge in [-0.1, -0.05) is 24.3 Å². The fraction of sp³-hybridized carbons (Fsp3) is 0.350. The molecule has 5 nitrogen and oxygen atoms in total. The second-order valence-electron chi connectivity index (χ2n) is 6.38. The maximum Gasteiger partial charge on any atom is 0.263 e. The molecule has 2 aromatic rings. The molecule has 0 radical (unpaired) electrons. The summed E-state index contributed by atoms with van der Waals surface area (Å²) in [5, 5.41) is 9.97. The normalized spacial score (nSPS) is 15.8. The molecular weight excluding hydrogens is 316 g/mol. The van der Waals surface area contributed by atoms with Gasteiger partial charge in [-0.2, -0.15) is 0 Å². The van der Waals surface area contributed by atoms with Gasteiger partial charge in [0.2, 0.25) is 0 Å². The van der Waals surface area contributed by atoms with Gasteiger partial charge in [-0.25, -0.2) is 0 Å². The van der Waals surface area contributed by atoms with Gasteiger partial charge in [0.1, 0.15) is 11.5 Å². The number of carbonyl (C=O) groups is 1. The van der Waals surface area contributed by atoms with Crippen LogP contribution < -0.4 is 9.64 Å². The van der Waals surface area contributed by atoms with E-state index in [1.165, 1.54) is 0 Å². The van der Waals surface area contributed by atoms with Gasteiger partial charge in [0, 0.05) is 26.2 Å². The summed E-state index contributed by atoms with van der Waals surface area (Å²) in [5.74, 6) is 0.991. The first-order chi connectivity index (χ1) is 12.0. The lowest BCUT2D eigenvalue weighted by Crippen LogP contribution is -2.52. The Morgan fingerprint density at radius 2 is 1.80 bits per heavy atom. The van der Waals surface area contributed by atoms with Crippen molar-refractivity contribution < 1.29 is 14.6 Å². The Morgan fingerprint density at radius 3 is 2.48 bits per heavy atom. The maximum absolute atomic E-state index is 12.6. The summed E-state index contributed by atoms with van der Waals surface area (Å²) in [7, 11) is 0. The molecule has 0 aromatic heterocycles. The molecule has 1 N–H and O–H groups in total. The van der Waals surface area contributed by atoms with E-state index in [1.807, 2.05) is 54.3 Å². The summed E-state index contributed by atoms with van der Waals surface area (Å²) >= 11 is 0. The average molecular weight is 340 g/mol. The van der Waals surface area contributed by atoms with Gasteiger partial charge in [0.15, 0.2) is 6.10 Å². The monoisotopic (exact) mass is 340 g/mol. The number of phenolic OH excluding ortho intramolecular Hbond substituents is 1. The van der Waals surface area contributed by atoms with E-state index in [9.17, 15) is 9.90 Å². The number of benzene rings is 2. The topological polar surface area (TPSA) is 53.0 Å². The van der Waals surface area contributed by atoms with Gasteiger partial charge in [0.25, 0.3) is 5.91 Å². The first-order valence-corrected chi connectivity index (χ1v) is 8.59. The third-order valence-corrected chi connectivity index (χ3v) is 4.46. The summed E-state index contributed by atoms with van der Waals surface area (Å²) < 4.78 is 5.80. The minimum atomic E-state index is -0.515. The zero-order valence-electron chi connectivity index (χ0n) is 14.7. The van der Waals surface area contributed by atoms with Crippen molar-refractivity contribution in [2.75, 3.05) is 31.1 Å². The van der Waals surface area contributed by atoms with Crippen LogP contribution in [0.2, 0.25) is 0 Å². The predicted octanol–water partition coefficient (Wildman–Crippen LogP) is 2.82. The molecule has 132 valence electrons. The smallest absolute Gasteiger partial charge is 0.263 e. The van der Waals surface area contributed by atoms with Crippen molar-refractivity contribution >= 4 is 11.6 Å². The minimum absolute atomic E-state index is 0.00144. The number of para-hydroxylation sites is 2. The molecule has 5 heteroatoms. The fourth-order valence-electron chi connectivity index (χ4n) is 3.10. The standard InChI is InChI=1S/C20H24N2O3/c1-15-6-5-7-17(14-15)25-16(2)20(24)22-12-10-21(11-13-22)18-8-3-4-9-19(18)23/h3-9,14,16,23H,10-13H2,1-2H3. The van der Waals surface area contributed by atoms with Gasteiger partial charge >= 0.3 is 0 Å². The minimum Gasteiger partial charge on any atom is -0.506 e. The number of hydrogen-bond donors (Lipinski definition) is 1. The lowest BCUT2D eigenvalue weighted by atomic mass is 10.2. The van der Waals surface area contributed by atoms with Crippen molar-refractivity contribution in [3.8, 4) is 11.5 Å². The van der Waals surface area contributed by atoms with E-state index in [-0.39, 0.29) is 11.7 Å². The maximum atomic E-state index is 12.6. The van der Waals surface area contributed by atoms with Crippen LogP contribution in [0.15, 0.2) is 48.5 Å². The first-order valence-electron chi connectivity index (χ1n) is 8.59. The number of anilines is 1. The summed E-state index contributed by atoms with van der Waals surface area (Å²) in [6.45, 7) is 6.42. The second kappa shape index (κ2) is 7.47. The van der Waals surface area contributed by atoms with Gasteiger partial charge < -0.3 is 19.6 Å². The number of rotatable bonds is 4.